The van der Waals surface area contributed by atoms with E-state index in [-0.39, 0.29) is 30.0 Å². The van der Waals surface area contributed by atoms with E-state index in [2.05, 4.69) is 80.9 Å². The van der Waals surface area contributed by atoms with Crippen LogP contribution in [0.15, 0.2) is 53.4 Å². The Balaban J connectivity index is 0.657. The van der Waals surface area contributed by atoms with Crippen LogP contribution in [0.3, 0.4) is 0 Å². The molecule has 0 spiro atoms. The summed E-state index contributed by atoms with van der Waals surface area (Å²) in [6.45, 7) is 8.15. The van der Waals surface area contributed by atoms with Gasteiger partial charge in [0.1, 0.15) is 35.3 Å². The maximum atomic E-state index is 13.2. The number of ether oxygens (including phenoxy) is 1. The minimum atomic E-state index is -0.366. The summed E-state index contributed by atoms with van der Waals surface area (Å²) in [5.74, 6) is 2.49. The van der Waals surface area contributed by atoms with Crippen molar-refractivity contribution >= 4 is 40.4 Å². The van der Waals surface area contributed by atoms with Crippen LogP contribution in [0.5, 0.6) is 0 Å². The maximum Gasteiger partial charge on any atom is 0.409 e. The van der Waals surface area contributed by atoms with Gasteiger partial charge in [-0.25, -0.2) is 19.4 Å². The monoisotopic (exact) mass is 883 g/mol. The molecule has 3 saturated heterocycles. The molecule has 4 aromatic heterocycles. The average molecular weight is 884 g/mol. The molecule has 16 nitrogen and oxygen atoms in total. The molecule has 0 bridgehead atoms. The van der Waals surface area contributed by atoms with E-state index in [9.17, 15) is 14.4 Å². The van der Waals surface area contributed by atoms with E-state index >= 15 is 0 Å². The van der Waals surface area contributed by atoms with E-state index in [1.165, 1.54) is 37.6 Å². The lowest BCUT2D eigenvalue weighted by Gasteiger charge is -2.41. The van der Waals surface area contributed by atoms with Crippen LogP contribution in [0.1, 0.15) is 138 Å². The van der Waals surface area contributed by atoms with E-state index < -0.39 is 0 Å². The number of amides is 3. The number of aromatic nitrogens is 6. The maximum absolute atomic E-state index is 13.2. The number of nitrogens with one attached hydrogen (secondary N) is 2. The highest BCUT2D eigenvalue weighted by atomic mass is 16.6. The van der Waals surface area contributed by atoms with Crippen molar-refractivity contribution in [2.24, 2.45) is 5.92 Å². The molecule has 342 valence electrons. The molecule has 10 rings (SSSR count). The molecular formula is C49H61N11O5. The van der Waals surface area contributed by atoms with E-state index in [0.29, 0.717) is 90.5 Å². The molecule has 0 radical (unpaired) electrons. The standard InChI is InChI=1S/C49H61N11O5/c1-29(2)60-47-42(46(50)52-28-53-47)43(56-60)44-41(45(65-57-44)34-5-6-34)38-14-9-35(27-51-38)33-19-24-59(25-20-33)49(63)64-26-21-30-3-12-37(13-4-30)58-22-17-32(18-23-58)31-7-10-36(11-8-31)54-39-15-16-40(61)55-48(39)62/h7-11,14,27-30,32-34,37,39,54H,3-6,12-13,15-26H2,1-2H3,(H2,50,52,53)(H,55,61,62). The Morgan fingerprint density at radius 3 is 2.26 bits per heavy atom. The quantitative estimate of drug-likeness (QED) is 0.102. The minimum Gasteiger partial charge on any atom is -0.449 e. The number of carbonyl (C=O) groups is 3. The molecule has 1 unspecified atom stereocenters. The molecule has 7 heterocycles. The summed E-state index contributed by atoms with van der Waals surface area (Å²) in [5, 5.41) is 15.8. The van der Waals surface area contributed by atoms with Gasteiger partial charge in [-0.15, -0.1) is 0 Å². The molecule has 16 heteroatoms. The highest BCUT2D eigenvalue weighted by Gasteiger charge is 2.36. The van der Waals surface area contributed by atoms with Crippen LogP contribution in [-0.2, 0) is 14.3 Å². The van der Waals surface area contributed by atoms with Crippen LogP contribution in [-0.4, -0.2) is 102 Å². The summed E-state index contributed by atoms with van der Waals surface area (Å²) < 4.78 is 13.7. The Hall–Kier alpha value is -5.90. The van der Waals surface area contributed by atoms with Gasteiger partial charge in [0, 0.05) is 49.4 Å². The van der Waals surface area contributed by atoms with Crippen molar-refractivity contribution in [2.45, 2.75) is 133 Å². The van der Waals surface area contributed by atoms with Crippen molar-refractivity contribution in [1.82, 2.24) is 45.0 Å². The van der Waals surface area contributed by atoms with Gasteiger partial charge in [-0.3, -0.25) is 19.9 Å². The summed E-state index contributed by atoms with van der Waals surface area (Å²) >= 11 is 0. The average Bonchev–Trinajstić information content (AvgIpc) is 3.95. The molecule has 3 amide bonds. The third kappa shape index (κ3) is 9.18. The molecule has 2 saturated carbocycles. The van der Waals surface area contributed by atoms with Gasteiger partial charge in [0.15, 0.2) is 5.65 Å². The Labute approximate surface area is 379 Å². The second-order valence-electron chi connectivity index (χ2n) is 19.3. The smallest absolute Gasteiger partial charge is 0.409 e. The third-order valence-electron chi connectivity index (χ3n) is 14.7. The van der Waals surface area contributed by atoms with Crippen molar-refractivity contribution in [1.29, 1.82) is 0 Å². The van der Waals surface area contributed by atoms with E-state index in [1.807, 2.05) is 15.8 Å². The van der Waals surface area contributed by atoms with E-state index in [4.69, 9.17) is 25.1 Å². The number of hydrogen-bond acceptors (Lipinski definition) is 13. The number of pyridine rings is 1. The van der Waals surface area contributed by atoms with Gasteiger partial charge in [0.05, 0.1) is 23.3 Å². The summed E-state index contributed by atoms with van der Waals surface area (Å²) in [7, 11) is 0. The number of anilines is 2. The topological polar surface area (TPSA) is 200 Å². The van der Waals surface area contributed by atoms with Crippen LogP contribution in [0.25, 0.3) is 33.7 Å². The molecule has 65 heavy (non-hydrogen) atoms. The molecular weight excluding hydrogens is 823 g/mol. The zero-order valence-electron chi connectivity index (χ0n) is 37.6. The van der Waals surface area contributed by atoms with Crippen molar-refractivity contribution in [3.8, 4) is 22.6 Å². The molecule has 5 fully saturated rings. The van der Waals surface area contributed by atoms with Crippen molar-refractivity contribution < 1.29 is 23.6 Å². The normalized spacial score (nSPS) is 22.7. The van der Waals surface area contributed by atoms with Crippen LogP contribution >= 0.6 is 0 Å². The minimum absolute atomic E-state index is 0.0565. The first-order chi connectivity index (χ1) is 31.7. The molecule has 5 aliphatic rings. The largest absolute Gasteiger partial charge is 0.449 e. The fraction of sp³-hybridized carbons (Fsp3) is 0.551. The Bertz CT molecular complexity index is 2490. The van der Waals surface area contributed by atoms with Crippen molar-refractivity contribution in [3.05, 3.63) is 65.8 Å². The number of rotatable bonds is 12. The highest BCUT2D eigenvalue weighted by Crippen LogP contribution is 2.48. The molecule has 4 N–H and O–H groups in total. The lowest BCUT2D eigenvalue weighted by Crippen LogP contribution is -2.47. The lowest BCUT2D eigenvalue weighted by atomic mass is 9.82. The van der Waals surface area contributed by atoms with Gasteiger partial charge in [-0.1, -0.05) is 23.4 Å². The molecule has 5 aromatic rings. The molecule has 1 aromatic carbocycles. The number of fused-ring (bicyclic) bond motifs is 1. The fourth-order valence-electron chi connectivity index (χ4n) is 10.7. The van der Waals surface area contributed by atoms with Gasteiger partial charge >= 0.3 is 6.09 Å². The Morgan fingerprint density at radius 2 is 1.57 bits per heavy atom. The number of likely N-dealkylation sites (tertiary alicyclic amines) is 2. The van der Waals surface area contributed by atoms with Gasteiger partial charge in [0.25, 0.3) is 0 Å². The second kappa shape index (κ2) is 18.5. The molecule has 2 aliphatic carbocycles. The SMILES string of the molecule is CC(C)n1nc(-c2noc(C3CC3)c2-c2ccc(C3CCN(C(=O)OCCC4CCC(N5CCC(c6ccc(NC7CCC(=O)NC7=O)cc6)CC5)CC4)CC3)cn2)c2c(N)ncnc21. The third-order valence-corrected chi connectivity index (χ3v) is 14.7. The summed E-state index contributed by atoms with van der Waals surface area (Å²) in [6, 6.07) is 13.0. The first-order valence-electron chi connectivity index (χ1n) is 24.0. The number of piperidine rings is 3. The Morgan fingerprint density at radius 1 is 0.846 bits per heavy atom. The fourth-order valence-corrected chi connectivity index (χ4v) is 10.7. The molecule has 1 atom stereocenters. The van der Waals surface area contributed by atoms with Crippen LogP contribution in [0.4, 0.5) is 16.3 Å². The zero-order valence-corrected chi connectivity index (χ0v) is 37.6. The number of nitrogens with zero attached hydrogens (tertiary/aromatic N) is 8. The van der Waals surface area contributed by atoms with Crippen LogP contribution in [0, 0.1) is 5.92 Å². The lowest BCUT2D eigenvalue weighted by molar-refractivity contribution is -0.133. The van der Waals surface area contributed by atoms with Gasteiger partial charge in [-0.2, -0.15) is 5.10 Å². The number of nitrogens with two attached hydrogens (primary N) is 1. The number of imide groups is 1. The summed E-state index contributed by atoms with van der Waals surface area (Å²) in [5.41, 5.74) is 13.3. The second-order valence-corrected chi connectivity index (χ2v) is 19.3. The first kappa shape index (κ1) is 43.0. The summed E-state index contributed by atoms with van der Waals surface area (Å²) in [4.78, 5) is 55.1. The van der Waals surface area contributed by atoms with Crippen LogP contribution in [0.2, 0.25) is 0 Å². The van der Waals surface area contributed by atoms with Crippen molar-refractivity contribution in [2.75, 3.05) is 43.8 Å². The first-order valence-corrected chi connectivity index (χ1v) is 24.0. The van der Waals surface area contributed by atoms with Gasteiger partial charge in [-0.05, 0) is 151 Å². The number of carbonyl (C=O) groups excluding carboxylic acids is 3. The van der Waals surface area contributed by atoms with Crippen molar-refractivity contribution in [3.63, 3.8) is 0 Å². The van der Waals surface area contributed by atoms with E-state index in [1.54, 1.807) is 0 Å². The zero-order chi connectivity index (χ0) is 44.6. The van der Waals surface area contributed by atoms with Crippen LogP contribution < -0.4 is 16.4 Å². The number of hydrogen-bond donors (Lipinski definition) is 3. The predicted molar refractivity (Wildman–Crippen MR) is 246 cm³/mol. The van der Waals surface area contributed by atoms with Gasteiger partial charge < -0.3 is 30.1 Å². The Kier molecular flexibility index (Phi) is 12.3. The summed E-state index contributed by atoms with van der Waals surface area (Å²) in [6.07, 6.45) is 16.0. The van der Waals surface area contributed by atoms with Gasteiger partial charge in [0.2, 0.25) is 11.8 Å². The number of benzene rings is 1. The predicted octanol–water partition coefficient (Wildman–Crippen LogP) is 7.95. The van der Waals surface area contributed by atoms with E-state index in [0.717, 1.165) is 86.3 Å². The number of nitrogen functional groups attached to an aromatic ring is 1. The highest BCUT2D eigenvalue weighted by molar-refractivity contribution is 6.02. The molecule has 3 aliphatic heterocycles.